The van der Waals surface area contributed by atoms with Crippen LogP contribution in [-0.2, 0) is 18.9 Å². The van der Waals surface area contributed by atoms with Gasteiger partial charge in [0.25, 0.3) is 0 Å². The Hall–Kier alpha value is -1.35. The molecule has 0 unspecified atom stereocenters. The van der Waals surface area contributed by atoms with Crippen molar-refractivity contribution in [3.8, 4) is 0 Å². The van der Waals surface area contributed by atoms with E-state index >= 15 is 0 Å². The average Bonchev–Trinajstić information content (AvgIpc) is 2.52. The number of fused-ring (bicyclic) bond motifs is 1. The highest BCUT2D eigenvalue weighted by molar-refractivity contribution is 5.83. The fraction of sp³-hybridized carbons (Fsp3) is 0.500. The lowest BCUT2D eigenvalue weighted by molar-refractivity contribution is 0.528. The van der Waals surface area contributed by atoms with Gasteiger partial charge in [0.05, 0.1) is 11.2 Å². The molecular weight excluding hydrogens is 210 g/mol. The van der Waals surface area contributed by atoms with Gasteiger partial charge >= 0.3 is 0 Å². The van der Waals surface area contributed by atoms with Gasteiger partial charge in [-0.1, -0.05) is 32.9 Å². The normalized spacial score (nSPS) is 12.3. The van der Waals surface area contributed by atoms with Crippen LogP contribution in [0.1, 0.15) is 32.0 Å². The van der Waals surface area contributed by atoms with Gasteiger partial charge in [-0.25, -0.2) is 0 Å². The minimum absolute atomic E-state index is 0.110. The van der Waals surface area contributed by atoms with Crippen LogP contribution in [0.25, 0.3) is 10.9 Å². The number of hydrogen-bond acceptors (Lipinski definition) is 2. The summed E-state index contributed by atoms with van der Waals surface area (Å²) in [5, 5.41) is 5.85. The number of nitrogens with two attached hydrogens (primary N) is 1. The molecule has 2 N–H and O–H groups in total. The lowest BCUT2D eigenvalue weighted by Gasteiger charge is -2.19. The first-order valence-electron chi connectivity index (χ1n) is 6.09. The molecule has 2 rings (SSSR count). The molecule has 0 aliphatic rings. The van der Waals surface area contributed by atoms with E-state index in [1.807, 2.05) is 11.7 Å². The zero-order valence-electron chi connectivity index (χ0n) is 11.1. The fourth-order valence-electron chi connectivity index (χ4n) is 2.46. The predicted octanol–water partition coefficient (Wildman–Crippen LogP) is 2.37. The molecule has 0 atom stereocenters. The third-order valence-corrected chi connectivity index (χ3v) is 3.04. The lowest BCUT2D eigenvalue weighted by Crippen LogP contribution is -2.16. The van der Waals surface area contributed by atoms with Crippen molar-refractivity contribution in [1.29, 1.82) is 0 Å². The molecule has 3 heteroatoms. The first kappa shape index (κ1) is 12.1. The molecular formula is C14H21N3. The first-order chi connectivity index (χ1) is 7.93. The second kappa shape index (κ2) is 4.15. The number of hydrogen-bond donors (Lipinski definition) is 1. The Balaban J connectivity index is 2.61. The highest BCUT2D eigenvalue weighted by Gasteiger charge is 2.21. The summed E-state index contributed by atoms with van der Waals surface area (Å²) in [6.07, 6.45) is 0.914. The van der Waals surface area contributed by atoms with Crippen LogP contribution in [0.5, 0.6) is 0 Å². The largest absolute Gasteiger partial charge is 0.330 e. The number of aromatic nitrogens is 2. The van der Waals surface area contributed by atoms with Gasteiger partial charge in [-0.2, -0.15) is 5.10 Å². The van der Waals surface area contributed by atoms with Gasteiger partial charge in [0.2, 0.25) is 0 Å². The first-order valence-corrected chi connectivity index (χ1v) is 6.09. The van der Waals surface area contributed by atoms with Crippen molar-refractivity contribution < 1.29 is 0 Å². The third kappa shape index (κ3) is 2.20. The Bertz CT molecular complexity index is 532. The smallest absolute Gasteiger partial charge is 0.0929 e. The summed E-state index contributed by atoms with van der Waals surface area (Å²) in [7, 11) is 2.02. The summed E-state index contributed by atoms with van der Waals surface area (Å²) < 4.78 is 2.00. The minimum Gasteiger partial charge on any atom is -0.330 e. The van der Waals surface area contributed by atoms with E-state index in [-0.39, 0.29) is 5.41 Å². The molecule has 0 bridgehead atoms. The molecule has 92 valence electrons. The quantitative estimate of drug-likeness (QED) is 0.862. The number of nitrogens with zero attached hydrogens (tertiary/aromatic N) is 2. The average molecular weight is 231 g/mol. The topological polar surface area (TPSA) is 43.8 Å². The van der Waals surface area contributed by atoms with Crippen molar-refractivity contribution in [2.24, 2.45) is 12.8 Å². The van der Waals surface area contributed by atoms with Crippen molar-refractivity contribution in [3.63, 3.8) is 0 Å². The van der Waals surface area contributed by atoms with Crippen molar-refractivity contribution in [2.75, 3.05) is 6.54 Å². The van der Waals surface area contributed by atoms with Gasteiger partial charge in [-0.3, -0.25) is 4.68 Å². The van der Waals surface area contributed by atoms with E-state index in [1.165, 1.54) is 16.6 Å². The predicted molar refractivity (Wildman–Crippen MR) is 72.2 cm³/mol. The molecule has 2 aromatic rings. The zero-order valence-corrected chi connectivity index (χ0v) is 11.1. The lowest BCUT2D eigenvalue weighted by atomic mass is 9.89. The van der Waals surface area contributed by atoms with Crippen LogP contribution >= 0.6 is 0 Å². The molecule has 0 radical (unpaired) electrons. The van der Waals surface area contributed by atoms with Crippen LogP contribution in [0.3, 0.4) is 0 Å². The molecule has 0 aliphatic heterocycles. The Labute approximate surface area is 103 Å². The van der Waals surface area contributed by atoms with E-state index < -0.39 is 0 Å². The van der Waals surface area contributed by atoms with E-state index in [1.54, 1.807) is 0 Å². The maximum Gasteiger partial charge on any atom is 0.0929 e. The van der Waals surface area contributed by atoms with Crippen LogP contribution < -0.4 is 5.73 Å². The molecule has 0 fully saturated rings. The molecule has 0 saturated heterocycles. The second-order valence-electron chi connectivity index (χ2n) is 5.61. The molecule has 3 nitrogen and oxygen atoms in total. The van der Waals surface area contributed by atoms with Gasteiger partial charge in [-0.15, -0.1) is 0 Å². The standard InChI is InChI=1S/C14H21N3/c1-14(2,3)13-11-6-5-10(7-8-15)9-12(11)16-17(13)4/h5-6,9H,7-8,15H2,1-4H3. The number of aryl methyl sites for hydroxylation is 1. The third-order valence-electron chi connectivity index (χ3n) is 3.04. The van der Waals surface area contributed by atoms with Gasteiger partial charge in [0.15, 0.2) is 0 Å². The molecule has 0 aliphatic carbocycles. The van der Waals surface area contributed by atoms with Crippen LogP contribution in [0.4, 0.5) is 0 Å². The second-order valence-corrected chi connectivity index (χ2v) is 5.61. The van der Waals surface area contributed by atoms with Gasteiger partial charge in [0.1, 0.15) is 0 Å². The van der Waals surface area contributed by atoms with E-state index in [9.17, 15) is 0 Å². The Morgan fingerprint density at radius 3 is 2.59 bits per heavy atom. The van der Waals surface area contributed by atoms with Crippen molar-refractivity contribution >= 4 is 10.9 Å². The maximum atomic E-state index is 5.58. The molecule has 0 saturated carbocycles. The zero-order chi connectivity index (χ0) is 12.6. The van der Waals surface area contributed by atoms with E-state index in [0.717, 1.165) is 11.9 Å². The molecule has 0 amide bonds. The van der Waals surface area contributed by atoms with Crippen LogP contribution in [-0.4, -0.2) is 16.3 Å². The Morgan fingerprint density at radius 1 is 1.29 bits per heavy atom. The summed E-state index contributed by atoms with van der Waals surface area (Å²) in [5.74, 6) is 0. The SMILES string of the molecule is Cn1nc2cc(CCN)ccc2c1C(C)(C)C. The van der Waals surface area contributed by atoms with Gasteiger partial charge in [-0.05, 0) is 24.6 Å². The van der Waals surface area contributed by atoms with Crippen molar-refractivity contribution in [1.82, 2.24) is 9.78 Å². The monoisotopic (exact) mass is 231 g/mol. The highest BCUT2D eigenvalue weighted by Crippen LogP contribution is 2.29. The van der Waals surface area contributed by atoms with Crippen LogP contribution in [0, 0.1) is 0 Å². The van der Waals surface area contributed by atoms with Crippen molar-refractivity contribution in [2.45, 2.75) is 32.6 Å². The molecule has 1 aromatic heterocycles. The van der Waals surface area contributed by atoms with Gasteiger partial charge < -0.3 is 5.73 Å². The van der Waals surface area contributed by atoms with Crippen LogP contribution in [0.15, 0.2) is 18.2 Å². The summed E-state index contributed by atoms with van der Waals surface area (Å²) in [6, 6.07) is 6.48. The Morgan fingerprint density at radius 2 is 2.00 bits per heavy atom. The molecule has 1 aromatic carbocycles. The fourth-order valence-corrected chi connectivity index (χ4v) is 2.46. The van der Waals surface area contributed by atoms with Gasteiger partial charge in [0, 0.05) is 17.8 Å². The maximum absolute atomic E-state index is 5.58. The summed E-state index contributed by atoms with van der Waals surface area (Å²) in [5.41, 5.74) is 9.31. The molecule has 1 heterocycles. The molecule has 17 heavy (non-hydrogen) atoms. The van der Waals surface area contributed by atoms with E-state index in [2.05, 4.69) is 44.1 Å². The van der Waals surface area contributed by atoms with Crippen LogP contribution in [0.2, 0.25) is 0 Å². The van der Waals surface area contributed by atoms with E-state index in [0.29, 0.717) is 6.54 Å². The molecule has 0 spiro atoms. The number of benzene rings is 1. The van der Waals surface area contributed by atoms with E-state index in [4.69, 9.17) is 5.73 Å². The summed E-state index contributed by atoms with van der Waals surface area (Å²) >= 11 is 0. The highest BCUT2D eigenvalue weighted by atomic mass is 15.3. The summed E-state index contributed by atoms with van der Waals surface area (Å²) in [6.45, 7) is 7.34. The van der Waals surface area contributed by atoms with Crippen molar-refractivity contribution in [3.05, 3.63) is 29.5 Å². The minimum atomic E-state index is 0.110. The Kier molecular flexibility index (Phi) is 2.96. The summed E-state index contributed by atoms with van der Waals surface area (Å²) in [4.78, 5) is 0. The number of rotatable bonds is 2.